The maximum Gasteiger partial charge on any atom is 0.416 e. The van der Waals surface area contributed by atoms with Crippen LogP contribution >= 0.6 is 0 Å². The molecule has 3 aromatic rings. The van der Waals surface area contributed by atoms with Crippen molar-refractivity contribution in [2.75, 3.05) is 24.7 Å². The first-order chi connectivity index (χ1) is 21.1. The Kier molecular flexibility index (Phi) is 7.19. The summed E-state index contributed by atoms with van der Waals surface area (Å²) in [5.41, 5.74) is 0.228. The van der Waals surface area contributed by atoms with Gasteiger partial charge in [0.15, 0.2) is 0 Å². The Labute approximate surface area is 251 Å². The van der Waals surface area contributed by atoms with Crippen LogP contribution in [-0.4, -0.2) is 56.5 Å². The predicted octanol–water partition coefficient (Wildman–Crippen LogP) is 4.56. The number of aryl methyl sites for hydroxylation is 1. The molecule has 7 rings (SSSR count). The van der Waals surface area contributed by atoms with Crippen LogP contribution in [0.5, 0.6) is 0 Å². The Hall–Kier alpha value is -3.84. The molecule has 1 amide bonds. The van der Waals surface area contributed by atoms with Crippen molar-refractivity contribution in [2.45, 2.75) is 62.7 Å². The zero-order valence-electron chi connectivity index (χ0n) is 24.2. The molecule has 2 aliphatic heterocycles. The van der Waals surface area contributed by atoms with Gasteiger partial charge in [0.2, 0.25) is 0 Å². The second kappa shape index (κ2) is 11.0. The number of benzene rings is 1. The molecule has 2 aliphatic carbocycles. The Morgan fingerprint density at radius 3 is 2.48 bits per heavy atom. The van der Waals surface area contributed by atoms with Crippen LogP contribution in [0.15, 0.2) is 30.6 Å². The van der Waals surface area contributed by atoms with Crippen LogP contribution in [0.2, 0.25) is 0 Å². The number of carbonyl (C=O) groups is 2. The molecule has 44 heavy (non-hydrogen) atoms. The smallest absolute Gasteiger partial charge is 0.416 e. The summed E-state index contributed by atoms with van der Waals surface area (Å²) in [6, 6.07) is 4.59. The van der Waals surface area contributed by atoms with E-state index in [0.29, 0.717) is 25.7 Å². The first-order valence-electron chi connectivity index (χ1n) is 15.0. The fourth-order valence-electron chi connectivity index (χ4n) is 6.48. The molecule has 1 saturated heterocycles. The van der Waals surface area contributed by atoms with Gasteiger partial charge in [0.1, 0.15) is 24.0 Å². The zero-order chi connectivity index (χ0) is 30.7. The molecule has 2 atom stereocenters. The van der Waals surface area contributed by atoms with Crippen LogP contribution < -0.4 is 10.2 Å². The van der Waals surface area contributed by atoms with Crippen LogP contribution in [0.4, 0.5) is 19.0 Å². The topological polar surface area (TPSA) is 122 Å². The van der Waals surface area contributed by atoms with Crippen LogP contribution in [-0.2, 0) is 29.3 Å². The number of anilines is 1. The zero-order valence-corrected chi connectivity index (χ0v) is 24.2. The van der Waals surface area contributed by atoms with Crippen molar-refractivity contribution in [2.24, 2.45) is 18.9 Å². The normalized spacial score (nSPS) is 20.3. The largest absolute Gasteiger partial charge is 0.480 e. The van der Waals surface area contributed by atoms with E-state index in [-0.39, 0.29) is 46.8 Å². The lowest BCUT2D eigenvalue weighted by Gasteiger charge is -2.34. The number of halogens is 3. The number of pyridine rings is 1. The number of carboxylic acid groups (broad SMARTS) is 1. The van der Waals surface area contributed by atoms with Gasteiger partial charge in [0.05, 0.1) is 31.2 Å². The number of hydrogen-bond donors (Lipinski definition) is 2. The average Bonchev–Trinajstić information content (AvgIpc) is 3.62. The lowest BCUT2D eigenvalue weighted by Crippen LogP contribution is -2.35. The molecule has 2 aromatic heterocycles. The van der Waals surface area contributed by atoms with Crippen molar-refractivity contribution in [3.8, 4) is 0 Å². The minimum Gasteiger partial charge on any atom is -0.480 e. The number of alkyl halides is 3. The summed E-state index contributed by atoms with van der Waals surface area (Å²) in [5, 5.41) is 21.3. The highest BCUT2D eigenvalue weighted by Crippen LogP contribution is 2.45. The van der Waals surface area contributed by atoms with E-state index in [9.17, 15) is 27.9 Å². The second-order valence-electron chi connectivity index (χ2n) is 12.5. The molecule has 3 fully saturated rings. The molecular weight excluding hydrogens is 577 g/mol. The van der Waals surface area contributed by atoms with Crippen molar-refractivity contribution in [3.05, 3.63) is 69.9 Å². The van der Waals surface area contributed by atoms with E-state index in [1.165, 1.54) is 11.0 Å². The third kappa shape index (κ3) is 5.25. The lowest BCUT2D eigenvalue weighted by molar-refractivity contribution is -0.141. The molecule has 10 nitrogen and oxygen atoms in total. The molecule has 4 aliphatic rings. The van der Waals surface area contributed by atoms with Crippen LogP contribution in [0.1, 0.15) is 94.1 Å². The third-order valence-corrected chi connectivity index (χ3v) is 9.43. The van der Waals surface area contributed by atoms with Crippen LogP contribution in [0.3, 0.4) is 0 Å². The summed E-state index contributed by atoms with van der Waals surface area (Å²) < 4.78 is 50.7. The van der Waals surface area contributed by atoms with Crippen molar-refractivity contribution in [1.82, 2.24) is 25.1 Å². The van der Waals surface area contributed by atoms with Crippen molar-refractivity contribution >= 4 is 17.7 Å². The first-order valence-corrected chi connectivity index (χ1v) is 15.0. The molecule has 2 saturated carbocycles. The summed E-state index contributed by atoms with van der Waals surface area (Å²) in [6.07, 6.45) is 1.66. The van der Waals surface area contributed by atoms with Gasteiger partial charge >= 0.3 is 12.1 Å². The number of carbonyl (C=O) groups excluding carboxylic acids is 1. The van der Waals surface area contributed by atoms with E-state index in [1.54, 1.807) is 12.4 Å². The van der Waals surface area contributed by atoms with E-state index >= 15 is 0 Å². The van der Waals surface area contributed by atoms with Gasteiger partial charge in [-0.25, -0.2) is 4.98 Å². The summed E-state index contributed by atoms with van der Waals surface area (Å²) in [5.74, 6) is -0.514. The van der Waals surface area contributed by atoms with Crippen LogP contribution in [0, 0.1) is 11.8 Å². The van der Waals surface area contributed by atoms with Gasteiger partial charge in [-0.2, -0.15) is 13.2 Å². The Bertz CT molecular complexity index is 1610. The Balaban J connectivity index is 1.28. The molecule has 0 unspecified atom stereocenters. The lowest BCUT2D eigenvalue weighted by atomic mass is 9.83. The number of carboxylic acids is 1. The second-order valence-corrected chi connectivity index (χ2v) is 12.5. The summed E-state index contributed by atoms with van der Waals surface area (Å²) in [4.78, 5) is 32.2. The number of aromatic nitrogens is 4. The van der Waals surface area contributed by atoms with Crippen LogP contribution in [0.25, 0.3) is 0 Å². The number of rotatable bonds is 10. The quantitative estimate of drug-likeness (QED) is 0.343. The van der Waals surface area contributed by atoms with Gasteiger partial charge in [-0.15, -0.1) is 10.2 Å². The average molecular weight is 611 g/mol. The molecule has 1 aromatic carbocycles. The maximum atomic E-state index is 14.5. The molecule has 0 spiro atoms. The summed E-state index contributed by atoms with van der Waals surface area (Å²) in [7, 11) is 1.86. The number of ether oxygens (including phenoxy) is 1. The van der Waals surface area contributed by atoms with Crippen molar-refractivity contribution in [3.63, 3.8) is 0 Å². The highest BCUT2D eigenvalue weighted by Gasteiger charge is 2.43. The predicted molar refractivity (Wildman–Crippen MR) is 151 cm³/mol. The summed E-state index contributed by atoms with van der Waals surface area (Å²) >= 11 is 0. The Morgan fingerprint density at radius 2 is 1.91 bits per heavy atom. The highest BCUT2D eigenvalue weighted by atomic mass is 19.4. The number of aliphatic carboxylic acids is 1. The van der Waals surface area contributed by atoms with E-state index in [0.717, 1.165) is 55.3 Å². The summed E-state index contributed by atoms with van der Waals surface area (Å²) in [6.45, 7) is 1.12. The Morgan fingerprint density at radius 1 is 1.14 bits per heavy atom. The van der Waals surface area contributed by atoms with Gasteiger partial charge in [-0.3, -0.25) is 14.5 Å². The van der Waals surface area contributed by atoms with Crippen molar-refractivity contribution < 1.29 is 32.6 Å². The van der Waals surface area contributed by atoms with Gasteiger partial charge < -0.3 is 19.7 Å². The van der Waals surface area contributed by atoms with Gasteiger partial charge in [0, 0.05) is 30.1 Å². The third-order valence-electron chi connectivity index (χ3n) is 9.43. The standard InChI is InChI=1S/C31H33F3N6O4/c1-39-15-36-38-28(39)26(20-13-44-14-20)18-9-24(17-5-6-17)37-25(10-18)40-12-22-21(29(40)41)7-19(8-23(22)31(32,33)34)27(30(42)43)35-11-16-3-2-4-16/h7-10,15-17,20,26-27,35H,2-6,11-14H2,1H3,(H,42,43)/t26-,27-/m1/s1. The van der Waals surface area contributed by atoms with E-state index in [1.807, 2.05) is 17.7 Å². The number of nitrogens with one attached hydrogen (secondary N) is 1. The van der Waals surface area contributed by atoms with Gasteiger partial charge in [0.25, 0.3) is 5.91 Å². The van der Waals surface area contributed by atoms with Gasteiger partial charge in [-0.05, 0) is 79.1 Å². The van der Waals surface area contributed by atoms with E-state index in [2.05, 4.69) is 15.5 Å². The highest BCUT2D eigenvalue weighted by molar-refractivity contribution is 6.10. The molecule has 0 radical (unpaired) electrons. The molecule has 2 N–H and O–H groups in total. The molecule has 232 valence electrons. The van der Waals surface area contributed by atoms with Gasteiger partial charge in [-0.1, -0.05) is 6.42 Å². The number of amides is 1. The molecule has 0 bridgehead atoms. The van der Waals surface area contributed by atoms with E-state index in [4.69, 9.17) is 9.72 Å². The minimum absolute atomic E-state index is 0.0918. The fourth-order valence-corrected chi connectivity index (χ4v) is 6.48. The minimum atomic E-state index is -4.79. The number of fused-ring (bicyclic) bond motifs is 1. The number of nitrogens with zero attached hydrogens (tertiary/aromatic N) is 5. The monoisotopic (exact) mass is 610 g/mol. The van der Waals surface area contributed by atoms with Crippen molar-refractivity contribution in [1.29, 1.82) is 0 Å². The molecular formula is C31H33F3N6O4. The first kappa shape index (κ1) is 28.9. The maximum absolute atomic E-state index is 14.5. The number of hydrogen-bond acceptors (Lipinski definition) is 7. The van der Waals surface area contributed by atoms with E-state index < -0.39 is 29.7 Å². The molecule has 4 heterocycles. The fraction of sp³-hybridized carbons (Fsp3) is 0.516. The SMILES string of the molecule is Cn1cnnc1[C@H](c1cc(C2CC2)nc(N2Cc3c(cc([C@@H](NCC4CCC4)C(=O)O)cc3C(F)(F)F)C2=O)c1)C1COC1. The molecule has 13 heteroatoms.